The van der Waals surface area contributed by atoms with Gasteiger partial charge in [-0.25, -0.2) is 13.4 Å². The summed E-state index contributed by atoms with van der Waals surface area (Å²) < 4.78 is 27.2. The molecule has 0 N–H and O–H groups in total. The summed E-state index contributed by atoms with van der Waals surface area (Å²) >= 11 is 1.80. The summed E-state index contributed by atoms with van der Waals surface area (Å²) in [4.78, 5) is 9.86. The molecule has 3 heterocycles. The van der Waals surface area contributed by atoms with Crippen molar-refractivity contribution < 1.29 is 8.42 Å². The van der Waals surface area contributed by atoms with Gasteiger partial charge in [-0.05, 0) is 43.7 Å². The van der Waals surface area contributed by atoms with Crippen LogP contribution in [0.5, 0.6) is 0 Å². The van der Waals surface area contributed by atoms with Crippen molar-refractivity contribution in [2.24, 2.45) is 0 Å². The van der Waals surface area contributed by atoms with E-state index in [1.165, 1.54) is 0 Å². The third kappa shape index (κ3) is 4.66. The van der Waals surface area contributed by atoms with Gasteiger partial charge in [0, 0.05) is 68.6 Å². The maximum atomic E-state index is 12.8. The van der Waals surface area contributed by atoms with Gasteiger partial charge in [0.15, 0.2) is 0 Å². The van der Waals surface area contributed by atoms with E-state index in [4.69, 9.17) is 0 Å². The summed E-state index contributed by atoms with van der Waals surface area (Å²) in [6.45, 7) is 9.77. The van der Waals surface area contributed by atoms with Gasteiger partial charge >= 0.3 is 0 Å². The van der Waals surface area contributed by atoms with Gasteiger partial charge in [-0.1, -0.05) is 12.1 Å². The summed E-state index contributed by atoms with van der Waals surface area (Å²) in [6.07, 6.45) is 1.88. The van der Waals surface area contributed by atoms with Crippen LogP contribution in [0, 0.1) is 0 Å². The van der Waals surface area contributed by atoms with E-state index in [1.807, 2.05) is 18.3 Å². The molecule has 0 spiro atoms. The molecular weight excluding hydrogens is 416 g/mol. The normalized spacial score (nSPS) is 19.4. The topological polar surface area (TPSA) is 56.8 Å². The monoisotopic (exact) mass is 446 g/mol. The number of piperazine rings is 1. The van der Waals surface area contributed by atoms with E-state index in [2.05, 4.69) is 40.8 Å². The first kappa shape index (κ1) is 21.6. The predicted octanol–water partition coefficient (Wildman–Crippen LogP) is 3.02. The van der Waals surface area contributed by atoms with Gasteiger partial charge in [-0.3, -0.25) is 4.90 Å². The Hall–Kier alpha value is -1.61. The minimum absolute atomic E-state index is 0.366. The molecular formula is C22H30N4O2S2. The Balaban J connectivity index is 1.43. The van der Waals surface area contributed by atoms with E-state index in [1.54, 1.807) is 28.2 Å². The zero-order valence-corrected chi connectivity index (χ0v) is 19.3. The minimum Gasteiger partial charge on any atom is -0.354 e. The van der Waals surface area contributed by atoms with Gasteiger partial charge in [-0.15, -0.1) is 0 Å². The van der Waals surface area contributed by atoms with Crippen LogP contribution in [0.15, 0.2) is 47.5 Å². The van der Waals surface area contributed by atoms with Crippen molar-refractivity contribution in [2.45, 2.75) is 24.8 Å². The molecule has 30 heavy (non-hydrogen) atoms. The highest BCUT2D eigenvalue weighted by Crippen LogP contribution is 2.25. The molecule has 0 amide bonds. The zero-order valence-electron chi connectivity index (χ0n) is 17.7. The van der Waals surface area contributed by atoms with Crippen molar-refractivity contribution in [1.82, 2.24) is 14.2 Å². The van der Waals surface area contributed by atoms with Crippen molar-refractivity contribution in [1.29, 1.82) is 0 Å². The first-order valence-corrected chi connectivity index (χ1v) is 13.2. The summed E-state index contributed by atoms with van der Waals surface area (Å²) in [7, 11) is -3.40. The number of aromatic nitrogens is 1. The van der Waals surface area contributed by atoms with Crippen LogP contribution in [-0.2, 0) is 10.0 Å². The third-order valence-electron chi connectivity index (χ3n) is 5.91. The molecule has 2 aromatic rings. The van der Waals surface area contributed by atoms with Crippen molar-refractivity contribution >= 4 is 27.6 Å². The molecule has 0 saturated carbocycles. The Bertz CT molecular complexity index is 932. The van der Waals surface area contributed by atoms with Gasteiger partial charge < -0.3 is 4.90 Å². The summed E-state index contributed by atoms with van der Waals surface area (Å²) in [5.41, 5.74) is 1.98. The third-order valence-corrected chi connectivity index (χ3v) is 8.77. The molecule has 162 valence electrons. The van der Waals surface area contributed by atoms with Gasteiger partial charge in [0.05, 0.1) is 4.90 Å². The molecule has 0 aliphatic carbocycles. The van der Waals surface area contributed by atoms with Gasteiger partial charge in [0.1, 0.15) is 5.82 Å². The molecule has 0 atom stereocenters. The Labute approximate surface area is 184 Å². The number of pyridine rings is 1. The molecule has 0 bridgehead atoms. The lowest BCUT2D eigenvalue weighted by atomic mass is 10.1. The smallest absolute Gasteiger partial charge is 0.243 e. The van der Waals surface area contributed by atoms with Crippen LogP contribution in [0.2, 0.25) is 0 Å². The molecule has 8 heteroatoms. The Morgan fingerprint density at radius 3 is 2.07 bits per heavy atom. The highest BCUT2D eigenvalue weighted by molar-refractivity contribution is 7.99. The molecule has 4 rings (SSSR count). The number of anilines is 1. The quantitative estimate of drug-likeness (QED) is 0.704. The van der Waals surface area contributed by atoms with Crippen molar-refractivity contribution in [2.75, 3.05) is 55.7 Å². The van der Waals surface area contributed by atoms with E-state index < -0.39 is 10.0 Å². The molecule has 2 saturated heterocycles. The standard InChI is InChI=1S/C22H30N4O2S2/c1-18(2)24-9-11-25(12-10-24)22-8-5-20(17-23-22)19-3-6-21(7-4-19)30(27,28)26-13-15-29-16-14-26/h3-8,17-18H,9-16H2,1-2H3. The zero-order chi connectivity index (χ0) is 21.1. The summed E-state index contributed by atoms with van der Waals surface area (Å²) in [5, 5.41) is 0. The number of hydrogen-bond acceptors (Lipinski definition) is 6. The average Bonchev–Trinajstić information content (AvgIpc) is 2.80. The fourth-order valence-electron chi connectivity index (χ4n) is 3.97. The average molecular weight is 447 g/mol. The van der Waals surface area contributed by atoms with E-state index in [9.17, 15) is 8.42 Å². The Morgan fingerprint density at radius 2 is 1.50 bits per heavy atom. The van der Waals surface area contributed by atoms with E-state index in [0.29, 0.717) is 24.0 Å². The summed E-state index contributed by atoms with van der Waals surface area (Å²) in [5.74, 6) is 2.73. The number of benzene rings is 1. The number of hydrogen-bond donors (Lipinski definition) is 0. The Kier molecular flexibility index (Phi) is 6.67. The maximum absolute atomic E-state index is 12.8. The van der Waals surface area contributed by atoms with Crippen LogP contribution in [0.4, 0.5) is 5.82 Å². The van der Waals surface area contributed by atoms with Crippen LogP contribution in [0.3, 0.4) is 0 Å². The van der Waals surface area contributed by atoms with E-state index in [-0.39, 0.29) is 0 Å². The lowest BCUT2D eigenvalue weighted by Gasteiger charge is -2.37. The van der Waals surface area contributed by atoms with Crippen LogP contribution in [0.1, 0.15) is 13.8 Å². The molecule has 2 aliphatic rings. The minimum atomic E-state index is -3.40. The van der Waals surface area contributed by atoms with Crippen LogP contribution < -0.4 is 4.90 Å². The van der Waals surface area contributed by atoms with Crippen LogP contribution in [-0.4, -0.2) is 79.4 Å². The molecule has 2 aliphatic heterocycles. The molecule has 2 fully saturated rings. The van der Waals surface area contributed by atoms with Crippen molar-refractivity contribution in [3.8, 4) is 11.1 Å². The molecule has 6 nitrogen and oxygen atoms in total. The van der Waals surface area contributed by atoms with Gasteiger partial charge in [0.2, 0.25) is 10.0 Å². The number of nitrogens with zero attached hydrogens (tertiary/aromatic N) is 4. The van der Waals surface area contributed by atoms with E-state index >= 15 is 0 Å². The Morgan fingerprint density at radius 1 is 0.867 bits per heavy atom. The van der Waals surface area contributed by atoms with Crippen molar-refractivity contribution in [3.63, 3.8) is 0 Å². The largest absolute Gasteiger partial charge is 0.354 e. The van der Waals surface area contributed by atoms with Gasteiger partial charge in [-0.2, -0.15) is 16.1 Å². The highest BCUT2D eigenvalue weighted by Gasteiger charge is 2.26. The number of thioether (sulfide) groups is 1. The number of rotatable bonds is 5. The molecule has 0 radical (unpaired) electrons. The predicted molar refractivity (Wildman–Crippen MR) is 125 cm³/mol. The fraction of sp³-hybridized carbons (Fsp3) is 0.500. The van der Waals surface area contributed by atoms with E-state index in [0.717, 1.165) is 54.6 Å². The lowest BCUT2D eigenvalue weighted by molar-refractivity contribution is 0.209. The first-order chi connectivity index (χ1) is 14.4. The SMILES string of the molecule is CC(C)N1CCN(c2ccc(-c3ccc(S(=O)(=O)N4CCSCC4)cc3)cn2)CC1. The summed E-state index contributed by atoms with van der Waals surface area (Å²) in [6, 6.07) is 11.9. The number of sulfonamides is 1. The fourth-order valence-corrected chi connectivity index (χ4v) is 6.54. The lowest BCUT2D eigenvalue weighted by Crippen LogP contribution is -2.49. The van der Waals surface area contributed by atoms with Crippen LogP contribution >= 0.6 is 11.8 Å². The van der Waals surface area contributed by atoms with Crippen molar-refractivity contribution in [3.05, 3.63) is 42.6 Å². The second kappa shape index (κ2) is 9.26. The molecule has 1 aromatic heterocycles. The second-order valence-electron chi connectivity index (χ2n) is 8.06. The van der Waals surface area contributed by atoms with Gasteiger partial charge in [0.25, 0.3) is 0 Å². The molecule has 0 unspecified atom stereocenters. The maximum Gasteiger partial charge on any atom is 0.243 e. The first-order valence-electron chi connectivity index (χ1n) is 10.6. The second-order valence-corrected chi connectivity index (χ2v) is 11.2. The van der Waals surface area contributed by atoms with Crippen LogP contribution in [0.25, 0.3) is 11.1 Å². The molecule has 1 aromatic carbocycles. The highest BCUT2D eigenvalue weighted by atomic mass is 32.2.